The normalized spacial score (nSPS) is 11.3. The number of aromatic nitrogens is 2. The fourth-order valence-electron chi connectivity index (χ4n) is 5.15. The lowest BCUT2D eigenvalue weighted by Crippen LogP contribution is -2.40. The Hall–Kier alpha value is -4.13. The van der Waals surface area contributed by atoms with Crippen molar-refractivity contribution in [2.24, 2.45) is 0 Å². The predicted molar refractivity (Wildman–Crippen MR) is 165 cm³/mol. The van der Waals surface area contributed by atoms with E-state index in [4.69, 9.17) is 4.74 Å². The average Bonchev–Trinajstić information content (AvgIpc) is 2.94. The van der Waals surface area contributed by atoms with Crippen molar-refractivity contribution >= 4 is 28.4 Å². The molecule has 0 saturated heterocycles. The highest BCUT2D eigenvalue weighted by atomic mass is 16.5. The molecule has 0 aliphatic heterocycles. The number of aromatic amines is 1. The molecule has 210 valence electrons. The summed E-state index contributed by atoms with van der Waals surface area (Å²) in [5.74, 6) is 1.09. The maximum atomic E-state index is 14.3. The zero-order chi connectivity index (χ0) is 28.8. The minimum atomic E-state index is -0.364. The Balaban J connectivity index is 1.94. The van der Waals surface area contributed by atoms with Crippen LogP contribution in [0.4, 0.5) is 16.2 Å². The van der Waals surface area contributed by atoms with E-state index in [1.165, 1.54) is 0 Å². The molecule has 2 N–H and O–H groups in total. The fourth-order valence-corrected chi connectivity index (χ4v) is 5.15. The van der Waals surface area contributed by atoms with Crippen LogP contribution in [0.15, 0.2) is 65.6 Å². The molecule has 0 saturated carbocycles. The zero-order valence-corrected chi connectivity index (χ0v) is 24.4. The number of unbranched alkanes of at least 4 members (excludes halogenated alkanes) is 2. The molecule has 4 aromatic rings. The number of rotatable bonds is 10. The van der Waals surface area contributed by atoms with E-state index in [0.29, 0.717) is 29.2 Å². The molecule has 0 aliphatic rings. The second-order valence-electron chi connectivity index (χ2n) is 10.7. The second-order valence-corrected chi connectivity index (χ2v) is 10.7. The van der Waals surface area contributed by atoms with Gasteiger partial charge in [-0.3, -0.25) is 9.69 Å². The number of urea groups is 1. The molecule has 40 heavy (non-hydrogen) atoms. The Bertz CT molecular complexity index is 1510. The summed E-state index contributed by atoms with van der Waals surface area (Å²) in [7, 11) is 1.61. The molecule has 0 bridgehead atoms. The molecular weight excluding hydrogens is 500 g/mol. The maximum Gasteiger partial charge on any atom is 0.326 e. The number of pyridine rings is 2. The number of nitrogens with zero attached hydrogens (tertiary/aromatic N) is 2. The number of fused-ring (bicyclic) bond motifs is 1. The highest BCUT2D eigenvalue weighted by Gasteiger charge is 2.27. The van der Waals surface area contributed by atoms with Crippen LogP contribution in [0.2, 0.25) is 0 Å². The maximum absolute atomic E-state index is 14.3. The van der Waals surface area contributed by atoms with Crippen molar-refractivity contribution in [1.82, 2.24) is 9.97 Å². The monoisotopic (exact) mass is 540 g/mol. The van der Waals surface area contributed by atoms with Crippen LogP contribution in [0, 0.1) is 0 Å². The van der Waals surface area contributed by atoms with Crippen molar-refractivity contribution in [3.63, 3.8) is 0 Å². The van der Waals surface area contributed by atoms with Crippen LogP contribution < -0.4 is 20.5 Å². The largest absolute Gasteiger partial charge is 0.497 e. The standard InChI is InChI=1S/C33H40N4O3/c1-7-8-9-19-37(33(39)35-29-25(21(2)3)15-11-16-26(29)22(4)5)30-28(23-13-10-14-24(20-23)40-6)27-17-12-18-34-31(27)36-32(30)38/h10-18,20-22H,7-9,19H2,1-6H3,(H,35,39)(H,34,36,38). The van der Waals surface area contributed by atoms with Crippen molar-refractivity contribution in [3.05, 3.63) is 82.3 Å². The number of carbonyl (C=O) groups is 1. The molecule has 2 aromatic heterocycles. The molecule has 4 rings (SSSR count). The number of amides is 2. The van der Waals surface area contributed by atoms with Gasteiger partial charge in [-0.05, 0) is 59.2 Å². The van der Waals surface area contributed by atoms with Crippen LogP contribution in [-0.4, -0.2) is 29.7 Å². The summed E-state index contributed by atoms with van der Waals surface area (Å²) in [6.07, 6.45) is 4.33. The van der Waals surface area contributed by atoms with E-state index in [-0.39, 0.29) is 23.4 Å². The number of para-hydroxylation sites is 1. The Kier molecular flexibility index (Phi) is 9.25. The summed E-state index contributed by atoms with van der Waals surface area (Å²) in [6.45, 7) is 11.0. The molecule has 2 heterocycles. The first kappa shape index (κ1) is 28.9. The van der Waals surface area contributed by atoms with Gasteiger partial charge < -0.3 is 15.0 Å². The summed E-state index contributed by atoms with van der Waals surface area (Å²) < 4.78 is 5.50. The topological polar surface area (TPSA) is 87.3 Å². The first-order valence-electron chi connectivity index (χ1n) is 14.1. The first-order chi connectivity index (χ1) is 19.3. The number of anilines is 2. The lowest BCUT2D eigenvalue weighted by atomic mass is 9.92. The van der Waals surface area contributed by atoms with Gasteiger partial charge in [0, 0.05) is 29.4 Å². The highest BCUT2D eigenvalue weighted by Crippen LogP contribution is 2.37. The van der Waals surface area contributed by atoms with Crippen LogP contribution in [0.5, 0.6) is 5.75 Å². The summed E-state index contributed by atoms with van der Waals surface area (Å²) >= 11 is 0. The molecule has 2 aromatic carbocycles. The van der Waals surface area contributed by atoms with Gasteiger partial charge in [0.2, 0.25) is 0 Å². The van der Waals surface area contributed by atoms with Gasteiger partial charge in [0.25, 0.3) is 5.56 Å². The number of H-pyrrole nitrogens is 1. The third-order valence-electron chi connectivity index (χ3n) is 7.22. The lowest BCUT2D eigenvalue weighted by Gasteiger charge is -2.28. The Labute approximate surface area is 236 Å². The van der Waals surface area contributed by atoms with E-state index in [9.17, 15) is 9.59 Å². The highest BCUT2D eigenvalue weighted by molar-refractivity contribution is 6.09. The fraction of sp³-hybridized carbons (Fsp3) is 0.364. The van der Waals surface area contributed by atoms with Gasteiger partial charge in [-0.2, -0.15) is 0 Å². The van der Waals surface area contributed by atoms with Gasteiger partial charge >= 0.3 is 6.03 Å². The molecule has 0 unspecified atom stereocenters. The third-order valence-corrected chi connectivity index (χ3v) is 7.22. The molecule has 0 radical (unpaired) electrons. The molecule has 7 heteroatoms. The van der Waals surface area contributed by atoms with Gasteiger partial charge in [-0.1, -0.05) is 77.8 Å². The molecule has 7 nitrogen and oxygen atoms in total. The van der Waals surface area contributed by atoms with Gasteiger partial charge in [-0.15, -0.1) is 0 Å². The Morgan fingerprint density at radius 2 is 1.70 bits per heavy atom. The first-order valence-corrected chi connectivity index (χ1v) is 14.1. The Morgan fingerprint density at radius 3 is 2.35 bits per heavy atom. The second kappa shape index (κ2) is 12.8. The lowest BCUT2D eigenvalue weighted by molar-refractivity contribution is 0.256. The van der Waals surface area contributed by atoms with Crippen LogP contribution in [-0.2, 0) is 0 Å². The SMILES string of the molecule is CCCCCN(C(=O)Nc1c(C(C)C)cccc1C(C)C)c1c(-c2cccc(OC)c2)c2cccnc2[nH]c1=O. The number of hydrogen-bond donors (Lipinski definition) is 2. The molecule has 0 spiro atoms. The van der Waals surface area contributed by atoms with E-state index in [2.05, 4.69) is 62.0 Å². The number of benzene rings is 2. The minimum Gasteiger partial charge on any atom is -0.497 e. The van der Waals surface area contributed by atoms with Crippen molar-refractivity contribution in [1.29, 1.82) is 0 Å². The smallest absolute Gasteiger partial charge is 0.326 e. The van der Waals surface area contributed by atoms with Crippen molar-refractivity contribution < 1.29 is 9.53 Å². The van der Waals surface area contributed by atoms with Crippen molar-refractivity contribution in [3.8, 4) is 16.9 Å². The number of nitrogens with one attached hydrogen (secondary N) is 2. The van der Waals surface area contributed by atoms with Gasteiger partial charge in [0.15, 0.2) is 0 Å². The third kappa shape index (κ3) is 6.03. The summed E-state index contributed by atoms with van der Waals surface area (Å²) in [4.78, 5) is 37.0. The van der Waals surface area contributed by atoms with E-state index >= 15 is 0 Å². The number of methoxy groups -OCH3 is 1. The number of hydrogen-bond acceptors (Lipinski definition) is 4. The molecule has 2 amide bonds. The van der Waals surface area contributed by atoms with Crippen molar-refractivity contribution in [2.75, 3.05) is 23.9 Å². The van der Waals surface area contributed by atoms with Crippen LogP contribution in [0.25, 0.3) is 22.2 Å². The van der Waals surface area contributed by atoms with Gasteiger partial charge in [0.05, 0.1) is 7.11 Å². The number of ether oxygens (including phenoxy) is 1. The minimum absolute atomic E-state index is 0.213. The van der Waals surface area contributed by atoms with E-state index in [1.54, 1.807) is 18.2 Å². The average molecular weight is 541 g/mol. The van der Waals surface area contributed by atoms with E-state index in [1.807, 2.05) is 42.5 Å². The molecule has 0 aliphatic carbocycles. The summed E-state index contributed by atoms with van der Waals surface area (Å²) in [5.41, 5.74) is 4.79. The Morgan fingerprint density at radius 1 is 1.00 bits per heavy atom. The predicted octanol–water partition coefficient (Wildman–Crippen LogP) is 8.07. The van der Waals surface area contributed by atoms with Crippen molar-refractivity contribution in [2.45, 2.75) is 65.7 Å². The van der Waals surface area contributed by atoms with E-state index in [0.717, 1.165) is 47.0 Å². The van der Waals surface area contributed by atoms with Crippen LogP contribution in [0.1, 0.15) is 76.8 Å². The van der Waals surface area contributed by atoms with Crippen LogP contribution in [0.3, 0.4) is 0 Å². The summed E-state index contributed by atoms with van der Waals surface area (Å²) in [5, 5.41) is 3.99. The number of carbonyl (C=O) groups excluding carboxylic acids is 1. The van der Waals surface area contributed by atoms with Gasteiger partial charge in [0.1, 0.15) is 17.1 Å². The van der Waals surface area contributed by atoms with Gasteiger partial charge in [-0.25, -0.2) is 9.78 Å². The molecule has 0 fully saturated rings. The molecular formula is C33H40N4O3. The van der Waals surface area contributed by atoms with E-state index < -0.39 is 0 Å². The summed E-state index contributed by atoms with van der Waals surface area (Å²) in [6, 6.07) is 17.2. The van der Waals surface area contributed by atoms with Crippen LogP contribution >= 0.6 is 0 Å². The quantitative estimate of drug-likeness (QED) is 0.199. The molecule has 0 atom stereocenters. The zero-order valence-electron chi connectivity index (χ0n) is 24.4.